The second kappa shape index (κ2) is 9.26. The summed E-state index contributed by atoms with van der Waals surface area (Å²) in [6.07, 6.45) is 11.0. The molecular formula is C39H30. The van der Waals surface area contributed by atoms with E-state index in [0.717, 1.165) is 24.0 Å². The van der Waals surface area contributed by atoms with Crippen LogP contribution in [-0.4, -0.2) is 0 Å². The van der Waals surface area contributed by atoms with Crippen molar-refractivity contribution in [3.63, 3.8) is 0 Å². The number of fused-ring (bicyclic) bond motifs is 4. The van der Waals surface area contributed by atoms with Crippen LogP contribution in [0.2, 0.25) is 0 Å². The van der Waals surface area contributed by atoms with Gasteiger partial charge < -0.3 is 0 Å². The van der Waals surface area contributed by atoms with Gasteiger partial charge in [-0.25, -0.2) is 0 Å². The van der Waals surface area contributed by atoms with Gasteiger partial charge in [-0.3, -0.25) is 0 Å². The van der Waals surface area contributed by atoms with Crippen molar-refractivity contribution < 1.29 is 0 Å². The van der Waals surface area contributed by atoms with Crippen LogP contribution >= 0.6 is 0 Å². The Labute approximate surface area is 229 Å². The van der Waals surface area contributed by atoms with Crippen molar-refractivity contribution in [2.24, 2.45) is 0 Å². The number of hydrogen-bond acceptors (Lipinski definition) is 0. The van der Waals surface area contributed by atoms with Crippen molar-refractivity contribution in [3.05, 3.63) is 131 Å². The Morgan fingerprint density at radius 2 is 1.21 bits per heavy atom. The van der Waals surface area contributed by atoms with Crippen LogP contribution in [0.1, 0.15) is 29.5 Å². The Bertz CT molecular complexity index is 2100. The van der Waals surface area contributed by atoms with Gasteiger partial charge in [0.05, 0.1) is 0 Å². The smallest absolute Gasteiger partial charge is 0.00232 e. The lowest BCUT2D eigenvalue weighted by molar-refractivity contribution is 1.12. The van der Waals surface area contributed by atoms with Gasteiger partial charge in [0, 0.05) is 0 Å². The van der Waals surface area contributed by atoms with Gasteiger partial charge in [-0.05, 0) is 114 Å². The molecule has 0 saturated carbocycles. The Kier molecular flexibility index (Phi) is 5.56. The summed E-state index contributed by atoms with van der Waals surface area (Å²) in [5.41, 5.74) is 8.69. The highest BCUT2D eigenvalue weighted by Crippen LogP contribution is 2.39. The van der Waals surface area contributed by atoms with Crippen LogP contribution in [0.3, 0.4) is 0 Å². The van der Waals surface area contributed by atoms with Gasteiger partial charge in [-0.1, -0.05) is 116 Å². The largest absolute Gasteiger partial charge is 0.0984 e. The van der Waals surface area contributed by atoms with Crippen molar-refractivity contribution in [2.45, 2.75) is 19.8 Å². The van der Waals surface area contributed by atoms with Gasteiger partial charge in [-0.15, -0.1) is 0 Å². The van der Waals surface area contributed by atoms with Crippen LogP contribution < -0.4 is 10.4 Å². The third kappa shape index (κ3) is 3.60. The second-order valence-electron chi connectivity index (χ2n) is 10.5. The van der Waals surface area contributed by atoms with E-state index in [1.165, 1.54) is 70.6 Å². The molecule has 0 atom stereocenters. The van der Waals surface area contributed by atoms with Crippen LogP contribution in [0.15, 0.2) is 104 Å². The standard InChI is InChI=1S/C39H30/c1-4-29-30(5-2)37(24-36-25(3)13-12-20-31(29)36)39-34-18-10-8-16-32(34)38(33-17-9-11-19-35(33)39)28-22-21-26-14-6-7-15-27(26)23-28/h4-8,10,12-24H,1-2,9,11H2,3H3. The van der Waals surface area contributed by atoms with Crippen LogP contribution in [0.4, 0.5) is 0 Å². The first-order valence-corrected chi connectivity index (χ1v) is 13.8. The fraction of sp³-hybridized carbons (Fsp3) is 0.0769. The fourth-order valence-electron chi connectivity index (χ4n) is 6.57. The third-order valence-electron chi connectivity index (χ3n) is 8.36. The third-order valence-corrected chi connectivity index (χ3v) is 8.36. The molecule has 0 aliphatic heterocycles. The van der Waals surface area contributed by atoms with Gasteiger partial charge in [0.15, 0.2) is 0 Å². The van der Waals surface area contributed by atoms with E-state index in [9.17, 15) is 0 Å². The highest BCUT2D eigenvalue weighted by molar-refractivity contribution is 6.10. The van der Waals surface area contributed by atoms with Crippen LogP contribution in [0, 0.1) is 6.92 Å². The lowest BCUT2D eigenvalue weighted by atomic mass is 9.82. The first-order chi connectivity index (χ1) is 19.2. The van der Waals surface area contributed by atoms with Gasteiger partial charge in [0.1, 0.15) is 0 Å². The van der Waals surface area contributed by atoms with E-state index in [2.05, 4.69) is 123 Å². The molecule has 6 aromatic rings. The van der Waals surface area contributed by atoms with E-state index in [-0.39, 0.29) is 0 Å². The molecule has 7 rings (SSSR count). The maximum Gasteiger partial charge on any atom is -0.00232 e. The molecular weight excluding hydrogens is 468 g/mol. The van der Waals surface area contributed by atoms with E-state index >= 15 is 0 Å². The van der Waals surface area contributed by atoms with Crippen LogP contribution in [-0.2, 0) is 0 Å². The topological polar surface area (TPSA) is 0 Å². The maximum atomic E-state index is 4.28. The minimum Gasteiger partial charge on any atom is -0.0984 e. The van der Waals surface area contributed by atoms with E-state index < -0.39 is 0 Å². The van der Waals surface area contributed by atoms with Gasteiger partial charge in [-0.2, -0.15) is 0 Å². The quantitative estimate of drug-likeness (QED) is 0.227. The lowest BCUT2D eigenvalue weighted by Crippen LogP contribution is -2.31. The Morgan fingerprint density at radius 1 is 0.564 bits per heavy atom. The molecule has 186 valence electrons. The van der Waals surface area contributed by atoms with E-state index in [4.69, 9.17) is 0 Å². The Balaban J connectivity index is 1.67. The summed E-state index contributed by atoms with van der Waals surface area (Å²) in [5.74, 6) is 0. The summed E-state index contributed by atoms with van der Waals surface area (Å²) in [6, 6.07) is 33.4. The predicted molar refractivity (Wildman–Crippen MR) is 172 cm³/mol. The zero-order chi connectivity index (χ0) is 26.5. The zero-order valence-electron chi connectivity index (χ0n) is 22.3. The van der Waals surface area contributed by atoms with Crippen molar-refractivity contribution in [2.75, 3.05) is 0 Å². The summed E-state index contributed by atoms with van der Waals surface area (Å²) in [7, 11) is 0. The van der Waals surface area contributed by atoms with Crippen molar-refractivity contribution in [3.8, 4) is 22.3 Å². The number of rotatable bonds is 4. The highest BCUT2D eigenvalue weighted by atomic mass is 14.2. The zero-order valence-corrected chi connectivity index (χ0v) is 22.3. The maximum absolute atomic E-state index is 4.28. The lowest BCUT2D eigenvalue weighted by Gasteiger charge is -2.21. The molecule has 0 saturated heterocycles. The summed E-state index contributed by atoms with van der Waals surface area (Å²) < 4.78 is 0. The van der Waals surface area contributed by atoms with Gasteiger partial charge >= 0.3 is 0 Å². The molecule has 0 N–H and O–H groups in total. The molecule has 0 radical (unpaired) electrons. The molecule has 0 spiro atoms. The van der Waals surface area contributed by atoms with Gasteiger partial charge in [0.2, 0.25) is 0 Å². The van der Waals surface area contributed by atoms with Crippen LogP contribution in [0.25, 0.3) is 78.9 Å². The van der Waals surface area contributed by atoms with Crippen molar-refractivity contribution in [1.82, 2.24) is 0 Å². The highest BCUT2D eigenvalue weighted by Gasteiger charge is 2.20. The second-order valence-corrected chi connectivity index (χ2v) is 10.5. The number of aryl methyl sites for hydroxylation is 1. The molecule has 0 bridgehead atoms. The number of hydrogen-bond donors (Lipinski definition) is 0. The van der Waals surface area contributed by atoms with E-state index in [1.807, 2.05) is 12.2 Å². The average Bonchev–Trinajstić information content (AvgIpc) is 2.99. The monoisotopic (exact) mass is 498 g/mol. The molecule has 0 heteroatoms. The molecule has 1 aliphatic carbocycles. The summed E-state index contributed by atoms with van der Waals surface area (Å²) in [5, 5.41) is 10.3. The molecule has 1 aliphatic rings. The molecule has 0 heterocycles. The number of benzene rings is 6. The Morgan fingerprint density at radius 3 is 1.95 bits per heavy atom. The average molecular weight is 499 g/mol. The van der Waals surface area contributed by atoms with E-state index in [1.54, 1.807) is 0 Å². The first kappa shape index (κ1) is 23.4. The van der Waals surface area contributed by atoms with Crippen LogP contribution in [0.5, 0.6) is 0 Å². The fourth-order valence-corrected chi connectivity index (χ4v) is 6.57. The minimum absolute atomic E-state index is 1.04. The molecule has 0 aromatic heterocycles. The van der Waals surface area contributed by atoms with Crippen molar-refractivity contribution in [1.29, 1.82) is 0 Å². The van der Waals surface area contributed by atoms with Gasteiger partial charge in [0.25, 0.3) is 0 Å². The normalized spacial score (nSPS) is 12.6. The summed E-state index contributed by atoms with van der Waals surface area (Å²) in [4.78, 5) is 0. The first-order valence-electron chi connectivity index (χ1n) is 13.8. The van der Waals surface area contributed by atoms with E-state index in [0.29, 0.717) is 0 Å². The summed E-state index contributed by atoms with van der Waals surface area (Å²) in [6.45, 7) is 10.7. The minimum atomic E-state index is 1.04. The molecule has 6 aromatic carbocycles. The molecule has 0 unspecified atom stereocenters. The molecule has 39 heavy (non-hydrogen) atoms. The summed E-state index contributed by atoms with van der Waals surface area (Å²) >= 11 is 0. The molecule has 0 amide bonds. The molecule has 0 nitrogen and oxygen atoms in total. The Hall–Kier alpha value is -4.68. The SMILES string of the molecule is C=Cc1c(-c2c3c(c(-c4ccc5ccccc5c4)c4ccccc24)=CCCC=3)cc2c(C)cccc2c1C=C. The van der Waals surface area contributed by atoms with Crippen molar-refractivity contribution >= 4 is 56.6 Å². The molecule has 0 fully saturated rings. The predicted octanol–water partition coefficient (Wildman–Crippen LogP) is 9.43.